The summed E-state index contributed by atoms with van der Waals surface area (Å²) in [6.45, 7) is 25.8. The van der Waals surface area contributed by atoms with Crippen LogP contribution in [0.3, 0.4) is 0 Å². The molecule has 218 valence electrons. The highest BCUT2D eigenvalue weighted by atomic mass is 19.3. The van der Waals surface area contributed by atoms with Crippen molar-refractivity contribution in [3.05, 3.63) is 108 Å². The first-order chi connectivity index (χ1) is 19.1. The van der Waals surface area contributed by atoms with Gasteiger partial charge in [0.15, 0.2) is 0 Å². The summed E-state index contributed by atoms with van der Waals surface area (Å²) in [6, 6.07) is 8.31. The molecule has 0 aliphatic carbocycles. The van der Waals surface area contributed by atoms with Crippen LogP contribution in [0, 0.1) is 6.92 Å². The van der Waals surface area contributed by atoms with Crippen molar-refractivity contribution >= 4 is 5.57 Å². The lowest BCUT2D eigenvalue weighted by molar-refractivity contribution is -0.0566. The third kappa shape index (κ3) is 10.6. The van der Waals surface area contributed by atoms with E-state index in [0.29, 0.717) is 25.3 Å². The van der Waals surface area contributed by atoms with Crippen molar-refractivity contribution in [2.45, 2.75) is 66.9 Å². The van der Waals surface area contributed by atoms with Crippen LogP contribution >= 0.6 is 0 Å². The van der Waals surface area contributed by atoms with Crippen LogP contribution in [0.25, 0.3) is 16.7 Å². The molecule has 0 atom stereocenters. The number of hydrogen-bond acceptors (Lipinski definition) is 4. The predicted molar refractivity (Wildman–Crippen MR) is 169 cm³/mol. The lowest BCUT2D eigenvalue weighted by Gasteiger charge is -2.31. The van der Waals surface area contributed by atoms with Gasteiger partial charge in [-0.05, 0) is 66.0 Å². The van der Waals surface area contributed by atoms with Gasteiger partial charge in [-0.2, -0.15) is 0 Å². The number of alkyl halides is 2. The van der Waals surface area contributed by atoms with Gasteiger partial charge in [0.05, 0.1) is 0 Å². The lowest BCUT2D eigenvalue weighted by atomic mass is 9.94. The van der Waals surface area contributed by atoms with Crippen LogP contribution in [0.2, 0.25) is 0 Å². The Bertz CT molecular complexity index is 1180. The lowest BCUT2D eigenvalue weighted by Crippen LogP contribution is -2.38. The number of nitrogens with zero attached hydrogens (tertiary/aromatic N) is 2. The molecule has 0 spiro atoms. The van der Waals surface area contributed by atoms with Crippen LogP contribution in [0.1, 0.15) is 64.2 Å². The highest BCUT2D eigenvalue weighted by molar-refractivity contribution is 5.81. The zero-order valence-electron chi connectivity index (χ0n) is 25.5. The molecule has 0 bridgehead atoms. The Hall–Kier alpha value is -3.51. The Morgan fingerprint density at radius 2 is 1.65 bits per heavy atom. The molecule has 0 saturated carbocycles. The Morgan fingerprint density at radius 1 is 1.00 bits per heavy atom. The zero-order chi connectivity index (χ0) is 30.3. The van der Waals surface area contributed by atoms with Gasteiger partial charge in [-0.15, -0.1) is 0 Å². The molecule has 4 nitrogen and oxygen atoms in total. The number of halogens is 2. The van der Waals surface area contributed by atoms with Crippen molar-refractivity contribution in [1.82, 2.24) is 20.5 Å². The fourth-order valence-electron chi connectivity index (χ4n) is 4.05. The second-order valence-corrected chi connectivity index (χ2v) is 9.18. The average Bonchev–Trinajstić information content (AvgIpc) is 2.98. The van der Waals surface area contributed by atoms with Gasteiger partial charge in [0.1, 0.15) is 0 Å². The summed E-state index contributed by atoms with van der Waals surface area (Å²) in [7, 11) is 1.83. The number of aromatic nitrogens is 1. The van der Waals surface area contributed by atoms with E-state index >= 15 is 0 Å². The molecule has 0 radical (unpaired) electrons. The van der Waals surface area contributed by atoms with Crippen LogP contribution in [0.5, 0.6) is 0 Å². The molecule has 1 aliphatic heterocycles. The van der Waals surface area contributed by atoms with Gasteiger partial charge in [0, 0.05) is 74.6 Å². The third-order valence-electron chi connectivity index (χ3n) is 6.44. The van der Waals surface area contributed by atoms with Gasteiger partial charge >= 0.3 is 0 Å². The number of allylic oxidation sites excluding steroid dienone is 4. The maximum atomic E-state index is 13.5. The van der Waals surface area contributed by atoms with E-state index in [0.717, 1.165) is 44.8 Å². The van der Waals surface area contributed by atoms with E-state index in [9.17, 15) is 8.78 Å². The summed E-state index contributed by atoms with van der Waals surface area (Å²) in [6.07, 6.45) is 9.25. The number of aryl methyl sites for hydroxylation is 1. The second-order valence-electron chi connectivity index (χ2n) is 9.18. The molecule has 0 amide bonds. The van der Waals surface area contributed by atoms with Gasteiger partial charge in [-0.1, -0.05) is 65.6 Å². The Labute approximate surface area is 241 Å². The van der Waals surface area contributed by atoms with E-state index in [-0.39, 0.29) is 12.8 Å². The van der Waals surface area contributed by atoms with E-state index in [1.54, 1.807) is 0 Å². The molecule has 1 aromatic heterocycles. The molecule has 2 N–H and O–H groups in total. The SMILES string of the molecule is C=C(/C=C\C(=C/C)NC(=C)C(=C)c1cc(-c2cncc(CN3CCC(F)(F)CC3)c2)ccc1C)NC.CC.CC. The number of rotatable bonds is 10. The number of pyridine rings is 1. The minimum absolute atomic E-state index is 0.0869. The molecular weight excluding hydrogens is 502 g/mol. The van der Waals surface area contributed by atoms with E-state index in [1.165, 1.54) is 0 Å². The van der Waals surface area contributed by atoms with Crippen molar-refractivity contribution in [2.24, 2.45) is 0 Å². The van der Waals surface area contributed by atoms with Crippen LogP contribution in [0.4, 0.5) is 8.78 Å². The molecule has 1 fully saturated rings. The minimum atomic E-state index is -2.54. The molecule has 2 heterocycles. The minimum Gasteiger partial charge on any atom is -0.389 e. The maximum absolute atomic E-state index is 13.5. The normalized spacial score (nSPS) is 14.8. The number of piperidine rings is 1. The van der Waals surface area contributed by atoms with Crippen molar-refractivity contribution in [2.75, 3.05) is 20.1 Å². The van der Waals surface area contributed by atoms with Gasteiger partial charge in [0.2, 0.25) is 0 Å². The van der Waals surface area contributed by atoms with Gasteiger partial charge < -0.3 is 10.6 Å². The monoisotopic (exact) mass is 550 g/mol. The summed E-state index contributed by atoms with van der Waals surface area (Å²) in [5, 5.41) is 6.32. The summed E-state index contributed by atoms with van der Waals surface area (Å²) < 4.78 is 27.0. The Balaban J connectivity index is 0.00000191. The molecule has 40 heavy (non-hydrogen) atoms. The van der Waals surface area contributed by atoms with Crippen LogP contribution in [-0.4, -0.2) is 35.9 Å². The van der Waals surface area contributed by atoms with Crippen molar-refractivity contribution in [3.8, 4) is 11.1 Å². The number of benzene rings is 1. The summed E-state index contributed by atoms with van der Waals surface area (Å²) in [5.41, 5.74) is 8.28. The van der Waals surface area contributed by atoms with E-state index in [2.05, 4.69) is 64.5 Å². The van der Waals surface area contributed by atoms with E-state index < -0.39 is 5.92 Å². The number of likely N-dealkylation sites (N-methyl/N-ethyl adjacent to an activating group) is 1. The van der Waals surface area contributed by atoms with Gasteiger partial charge in [-0.3, -0.25) is 9.88 Å². The van der Waals surface area contributed by atoms with E-state index in [1.807, 2.05) is 79.2 Å². The fourth-order valence-corrected chi connectivity index (χ4v) is 4.05. The fraction of sp³-hybridized carbons (Fsp3) is 0.382. The second kappa shape index (κ2) is 17.2. The number of hydrogen-bond donors (Lipinski definition) is 2. The third-order valence-corrected chi connectivity index (χ3v) is 6.44. The summed E-state index contributed by atoms with van der Waals surface area (Å²) in [5.74, 6) is -2.54. The van der Waals surface area contributed by atoms with Crippen LogP contribution in [-0.2, 0) is 6.54 Å². The molecule has 0 unspecified atom stereocenters. The number of nitrogens with one attached hydrogen (secondary N) is 2. The Morgan fingerprint density at radius 3 is 2.25 bits per heavy atom. The molecule has 1 aliphatic rings. The molecule has 1 aromatic carbocycles. The largest absolute Gasteiger partial charge is 0.389 e. The standard InChI is InChI=1S/C30H36F2N4.2C2H6/c1-7-28(11-9-22(3)33-6)35-24(5)23(4)29-17-26(10-8-21(29)2)27-16-25(18-34-19-27)20-36-14-12-30(31,32)13-15-36;2*1-2/h7-11,16-19,33,35H,3-5,12-15,20H2,1-2,6H3;2*1-2H3/b11-9-,28-7+;;. The van der Waals surface area contributed by atoms with Crippen LogP contribution in [0.15, 0.2) is 91.7 Å². The first kappa shape index (κ1) is 34.5. The Kier molecular flexibility index (Phi) is 14.9. The molecule has 6 heteroatoms. The van der Waals surface area contributed by atoms with Crippen molar-refractivity contribution in [1.29, 1.82) is 0 Å². The highest BCUT2D eigenvalue weighted by Gasteiger charge is 2.33. The average molecular weight is 551 g/mol. The van der Waals surface area contributed by atoms with Crippen molar-refractivity contribution in [3.63, 3.8) is 0 Å². The predicted octanol–water partition coefficient (Wildman–Crippen LogP) is 8.65. The summed E-state index contributed by atoms with van der Waals surface area (Å²) >= 11 is 0. The topological polar surface area (TPSA) is 40.2 Å². The maximum Gasteiger partial charge on any atom is 0.250 e. The van der Waals surface area contributed by atoms with Gasteiger partial charge in [-0.25, -0.2) is 8.78 Å². The molecule has 1 saturated heterocycles. The summed E-state index contributed by atoms with van der Waals surface area (Å²) in [4.78, 5) is 6.49. The molecule has 3 rings (SSSR count). The van der Waals surface area contributed by atoms with Crippen molar-refractivity contribution < 1.29 is 8.78 Å². The number of likely N-dealkylation sites (tertiary alicyclic amines) is 1. The van der Waals surface area contributed by atoms with Crippen LogP contribution < -0.4 is 10.6 Å². The quantitative estimate of drug-likeness (QED) is 0.291. The highest BCUT2D eigenvalue weighted by Crippen LogP contribution is 2.30. The molecule has 2 aromatic rings. The van der Waals surface area contributed by atoms with E-state index in [4.69, 9.17) is 0 Å². The smallest absolute Gasteiger partial charge is 0.250 e. The van der Waals surface area contributed by atoms with Gasteiger partial charge in [0.25, 0.3) is 5.92 Å². The zero-order valence-corrected chi connectivity index (χ0v) is 25.5. The molecular formula is C34H48F2N4. The first-order valence-electron chi connectivity index (χ1n) is 14.1. The first-order valence-corrected chi connectivity index (χ1v) is 14.1.